The topological polar surface area (TPSA) is 49.8 Å². The van der Waals surface area contributed by atoms with Crippen LogP contribution in [-0.2, 0) is 6.18 Å². The summed E-state index contributed by atoms with van der Waals surface area (Å²) >= 11 is 0. The van der Waals surface area contributed by atoms with Crippen LogP contribution in [0, 0.1) is 0 Å². The maximum atomic E-state index is 12.8. The van der Waals surface area contributed by atoms with Crippen molar-refractivity contribution in [1.29, 1.82) is 0 Å². The van der Waals surface area contributed by atoms with Gasteiger partial charge in [0.05, 0.1) is 0 Å². The van der Waals surface area contributed by atoms with Gasteiger partial charge in [0.1, 0.15) is 11.6 Å². The quantitative estimate of drug-likeness (QED) is 0.868. The van der Waals surface area contributed by atoms with Gasteiger partial charge in [-0.1, -0.05) is 6.92 Å². The molecule has 2 N–H and O–H groups in total. The van der Waals surface area contributed by atoms with Gasteiger partial charge in [-0.3, -0.25) is 0 Å². The summed E-state index contributed by atoms with van der Waals surface area (Å²) < 4.78 is 38.5. The maximum absolute atomic E-state index is 12.8. The Morgan fingerprint density at radius 2 is 1.90 bits per heavy atom. The number of nitrogens with one attached hydrogen (secondary N) is 2. The summed E-state index contributed by atoms with van der Waals surface area (Å²) in [5.41, 5.74) is -0.154. The molecule has 2 rings (SSSR count). The molecule has 0 spiro atoms. The molecule has 0 atom stereocenters. The summed E-state index contributed by atoms with van der Waals surface area (Å²) in [7, 11) is 0. The van der Waals surface area contributed by atoms with Gasteiger partial charge in [0.25, 0.3) is 0 Å². The van der Waals surface area contributed by atoms with E-state index in [4.69, 9.17) is 0 Å². The Bertz CT molecular complexity index is 469. The fraction of sp³-hybridized carbons (Fsp3) is 0.692. The first-order chi connectivity index (χ1) is 9.32. The average molecular weight is 288 g/mol. The molecular weight excluding hydrogens is 269 g/mol. The van der Waals surface area contributed by atoms with Crippen LogP contribution >= 0.6 is 0 Å². The van der Waals surface area contributed by atoms with Crippen LogP contribution in [-0.4, -0.2) is 22.1 Å². The minimum absolute atomic E-state index is 0.154. The number of anilines is 2. The van der Waals surface area contributed by atoms with Crippen molar-refractivity contribution in [3.8, 4) is 0 Å². The van der Waals surface area contributed by atoms with E-state index in [1.807, 2.05) is 13.8 Å². The largest absolute Gasteiger partial charge is 0.451 e. The van der Waals surface area contributed by atoms with E-state index in [9.17, 15) is 13.2 Å². The molecule has 1 fully saturated rings. The molecule has 7 heteroatoms. The Kier molecular flexibility index (Phi) is 4.06. The summed E-state index contributed by atoms with van der Waals surface area (Å²) in [6.07, 6.45) is -0.763. The molecule has 0 aliphatic heterocycles. The van der Waals surface area contributed by atoms with Crippen molar-refractivity contribution < 1.29 is 13.2 Å². The van der Waals surface area contributed by atoms with Crippen LogP contribution in [0.2, 0.25) is 0 Å². The molecule has 4 nitrogen and oxygen atoms in total. The highest BCUT2D eigenvalue weighted by atomic mass is 19.4. The fourth-order valence-corrected chi connectivity index (χ4v) is 2.12. The Morgan fingerprint density at radius 1 is 1.25 bits per heavy atom. The summed E-state index contributed by atoms with van der Waals surface area (Å²) in [6, 6.07) is 1.54. The van der Waals surface area contributed by atoms with E-state index in [-0.39, 0.29) is 17.2 Å². The molecule has 0 amide bonds. The van der Waals surface area contributed by atoms with Crippen molar-refractivity contribution in [2.24, 2.45) is 0 Å². The zero-order chi connectivity index (χ0) is 14.8. The molecule has 0 radical (unpaired) electrons. The molecule has 0 saturated heterocycles. The highest BCUT2D eigenvalue weighted by Crippen LogP contribution is 2.35. The maximum Gasteiger partial charge on any atom is 0.451 e. The summed E-state index contributed by atoms with van der Waals surface area (Å²) in [4.78, 5) is 7.12. The number of alkyl halides is 3. The third kappa shape index (κ3) is 3.52. The zero-order valence-corrected chi connectivity index (χ0v) is 11.6. The van der Waals surface area contributed by atoms with Crippen LogP contribution in [0.5, 0.6) is 0 Å². The minimum Gasteiger partial charge on any atom is -0.370 e. The number of hydrogen-bond acceptors (Lipinski definition) is 4. The third-order valence-electron chi connectivity index (χ3n) is 3.42. The first-order valence-corrected chi connectivity index (χ1v) is 6.81. The molecule has 20 heavy (non-hydrogen) atoms. The third-order valence-corrected chi connectivity index (χ3v) is 3.42. The fourth-order valence-electron chi connectivity index (χ4n) is 2.12. The lowest BCUT2D eigenvalue weighted by atomic mass is 9.78. The van der Waals surface area contributed by atoms with E-state index in [1.165, 1.54) is 6.07 Å². The van der Waals surface area contributed by atoms with E-state index in [2.05, 4.69) is 20.6 Å². The van der Waals surface area contributed by atoms with Gasteiger partial charge >= 0.3 is 6.18 Å². The van der Waals surface area contributed by atoms with Crippen molar-refractivity contribution in [3.63, 3.8) is 0 Å². The monoisotopic (exact) mass is 288 g/mol. The molecule has 0 bridgehead atoms. The van der Waals surface area contributed by atoms with Crippen LogP contribution < -0.4 is 10.6 Å². The van der Waals surface area contributed by atoms with Gasteiger partial charge in [0.15, 0.2) is 0 Å². The normalized spacial score (nSPS) is 17.4. The van der Waals surface area contributed by atoms with E-state index in [0.717, 1.165) is 25.7 Å². The summed E-state index contributed by atoms with van der Waals surface area (Å²) in [5, 5.41) is 5.97. The van der Waals surface area contributed by atoms with Crippen molar-refractivity contribution in [2.75, 3.05) is 17.2 Å². The van der Waals surface area contributed by atoms with Crippen molar-refractivity contribution in [2.45, 2.75) is 51.2 Å². The SMILES string of the molecule is CCCNc1cc(NC2(C)CCC2)nc(C(F)(F)F)n1. The van der Waals surface area contributed by atoms with Gasteiger partial charge in [-0.15, -0.1) is 0 Å². The van der Waals surface area contributed by atoms with Crippen LogP contribution in [0.15, 0.2) is 6.07 Å². The predicted octanol–water partition coefficient (Wildman–Crippen LogP) is 3.67. The van der Waals surface area contributed by atoms with Gasteiger partial charge in [-0.05, 0) is 32.6 Å². The number of halogens is 3. The zero-order valence-electron chi connectivity index (χ0n) is 11.6. The number of aromatic nitrogens is 2. The second-order valence-electron chi connectivity index (χ2n) is 5.43. The van der Waals surface area contributed by atoms with Gasteiger partial charge < -0.3 is 10.6 Å². The van der Waals surface area contributed by atoms with Crippen molar-refractivity contribution in [3.05, 3.63) is 11.9 Å². The van der Waals surface area contributed by atoms with Gasteiger partial charge in [0.2, 0.25) is 5.82 Å². The Hall–Kier alpha value is -1.53. The molecule has 1 aromatic heterocycles. The van der Waals surface area contributed by atoms with E-state index in [1.54, 1.807) is 0 Å². The van der Waals surface area contributed by atoms with E-state index >= 15 is 0 Å². The summed E-state index contributed by atoms with van der Waals surface area (Å²) in [6.45, 7) is 4.50. The number of nitrogens with zero attached hydrogens (tertiary/aromatic N) is 2. The number of rotatable bonds is 5. The second-order valence-corrected chi connectivity index (χ2v) is 5.43. The number of hydrogen-bond donors (Lipinski definition) is 2. The average Bonchev–Trinajstić information content (AvgIpc) is 2.33. The van der Waals surface area contributed by atoms with Gasteiger partial charge in [-0.25, -0.2) is 9.97 Å². The smallest absolute Gasteiger partial charge is 0.370 e. The lowest BCUT2D eigenvalue weighted by Crippen LogP contribution is -2.42. The Morgan fingerprint density at radius 3 is 2.40 bits per heavy atom. The van der Waals surface area contributed by atoms with Crippen LogP contribution in [0.3, 0.4) is 0 Å². The van der Waals surface area contributed by atoms with E-state index in [0.29, 0.717) is 6.54 Å². The standard InChI is InChI=1S/C13H19F3N4/c1-3-7-17-9-8-10(20-12(2)5-4-6-12)19-11(18-9)13(14,15)16/h8H,3-7H2,1-2H3,(H2,17,18,19,20). The molecule has 1 saturated carbocycles. The highest BCUT2D eigenvalue weighted by molar-refractivity contribution is 5.49. The van der Waals surface area contributed by atoms with E-state index < -0.39 is 12.0 Å². The summed E-state index contributed by atoms with van der Waals surface area (Å²) in [5.74, 6) is -0.670. The molecule has 0 unspecified atom stereocenters. The van der Waals surface area contributed by atoms with Crippen molar-refractivity contribution in [1.82, 2.24) is 9.97 Å². The molecule has 112 valence electrons. The second kappa shape index (κ2) is 5.46. The molecule has 1 aliphatic rings. The van der Waals surface area contributed by atoms with Crippen LogP contribution in [0.1, 0.15) is 45.4 Å². The van der Waals surface area contributed by atoms with Gasteiger partial charge in [-0.2, -0.15) is 13.2 Å². The molecule has 0 aromatic carbocycles. The van der Waals surface area contributed by atoms with Crippen LogP contribution in [0.25, 0.3) is 0 Å². The first kappa shape index (κ1) is 14.9. The lowest BCUT2D eigenvalue weighted by Gasteiger charge is -2.39. The minimum atomic E-state index is -4.54. The Balaban J connectivity index is 2.25. The first-order valence-electron chi connectivity index (χ1n) is 6.81. The molecule has 1 aromatic rings. The van der Waals surface area contributed by atoms with Crippen LogP contribution in [0.4, 0.5) is 24.8 Å². The highest BCUT2D eigenvalue weighted by Gasteiger charge is 2.37. The van der Waals surface area contributed by atoms with Crippen molar-refractivity contribution >= 4 is 11.6 Å². The molecular formula is C13H19F3N4. The Labute approximate surface area is 116 Å². The van der Waals surface area contributed by atoms with Gasteiger partial charge in [0, 0.05) is 18.2 Å². The lowest BCUT2D eigenvalue weighted by molar-refractivity contribution is -0.144. The molecule has 1 aliphatic carbocycles. The molecule has 1 heterocycles. The predicted molar refractivity (Wildman–Crippen MR) is 71.7 cm³/mol.